The lowest BCUT2D eigenvalue weighted by atomic mass is 9.64. The molecule has 2 aliphatic carbocycles. The molecule has 0 aromatic rings. The SMILES string of the molecule is CC(C)COC(=O)C1(C(=O)OCC(C)C)CC2CC1CC2C(C)(C)C. The summed E-state index contributed by atoms with van der Waals surface area (Å²) in [4.78, 5) is 26.0. The smallest absolute Gasteiger partial charge is 0.323 e. The summed E-state index contributed by atoms with van der Waals surface area (Å²) in [5.74, 6) is 0.831. The molecule has 0 aliphatic heterocycles. The van der Waals surface area contributed by atoms with Crippen LogP contribution in [-0.2, 0) is 19.1 Å². The van der Waals surface area contributed by atoms with Gasteiger partial charge in [-0.25, -0.2) is 0 Å². The molecule has 3 atom stereocenters. The first kappa shape index (κ1) is 20.3. The minimum atomic E-state index is -1.07. The van der Waals surface area contributed by atoms with Crippen molar-refractivity contribution in [3.63, 3.8) is 0 Å². The van der Waals surface area contributed by atoms with Crippen LogP contribution in [0.3, 0.4) is 0 Å². The molecule has 2 aliphatic rings. The lowest BCUT2D eigenvalue weighted by molar-refractivity contribution is -0.179. The summed E-state index contributed by atoms with van der Waals surface area (Å²) in [5, 5.41) is 0. The molecule has 0 N–H and O–H groups in total. The molecule has 0 radical (unpaired) electrons. The lowest BCUT2D eigenvalue weighted by Crippen LogP contribution is -2.48. The molecule has 2 saturated carbocycles. The van der Waals surface area contributed by atoms with E-state index in [4.69, 9.17) is 9.47 Å². The van der Waals surface area contributed by atoms with Gasteiger partial charge in [0.05, 0.1) is 13.2 Å². The summed E-state index contributed by atoms with van der Waals surface area (Å²) < 4.78 is 11.1. The average Bonchev–Trinajstić information content (AvgIpc) is 3.08. The monoisotopic (exact) mass is 352 g/mol. The highest BCUT2D eigenvalue weighted by Crippen LogP contribution is 2.63. The molecule has 0 heterocycles. The maximum absolute atomic E-state index is 13.0. The second-order valence-electron chi connectivity index (χ2n) is 10.1. The number of carbonyl (C=O) groups excluding carboxylic acids is 2. The number of esters is 2. The number of hydrogen-bond acceptors (Lipinski definition) is 4. The number of hydrogen-bond donors (Lipinski definition) is 0. The summed E-state index contributed by atoms with van der Waals surface area (Å²) in [7, 11) is 0. The highest BCUT2D eigenvalue weighted by molar-refractivity contribution is 6.01. The highest BCUT2D eigenvalue weighted by Gasteiger charge is 2.66. The summed E-state index contributed by atoms with van der Waals surface area (Å²) in [6, 6.07) is 0. The van der Waals surface area contributed by atoms with Crippen LogP contribution in [0, 0.1) is 40.4 Å². The summed E-state index contributed by atoms with van der Waals surface area (Å²) in [6.45, 7) is 15.5. The van der Waals surface area contributed by atoms with Gasteiger partial charge in [0.15, 0.2) is 5.41 Å². The fourth-order valence-corrected chi connectivity index (χ4v) is 4.72. The first-order valence-corrected chi connectivity index (χ1v) is 9.83. The molecule has 0 amide bonds. The predicted octanol–water partition coefficient (Wildman–Crippen LogP) is 4.46. The van der Waals surface area contributed by atoms with E-state index in [1.165, 1.54) is 0 Å². The van der Waals surface area contributed by atoms with Gasteiger partial charge in [0.25, 0.3) is 0 Å². The molecule has 0 spiro atoms. The van der Waals surface area contributed by atoms with Crippen molar-refractivity contribution in [2.24, 2.45) is 40.4 Å². The topological polar surface area (TPSA) is 52.6 Å². The molecule has 0 aromatic heterocycles. The first-order valence-electron chi connectivity index (χ1n) is 9.83. The zero-order valence-corrected chi connectivity index (χ0v) is 17.1. The van der Waals surface area contributed by atoms with E-state index in [0.717, 1.165) is 12.8 Å². The third-order valence-electron chi connectivity index (χ3n) is 5.91. The molecule has 2 fully saturated rings. The predicted molar refractivity (Wildman–Crippen MR) is 97.8 cm³/mol. The van der Waals surface area contributed by atoms with Gasteiger partial charge in [-0.3, -0.25) is 9.59 Å². The van der Waals surface area contributed by atoms with Crippen LogP contribution in [0.5, 0.6) is 0 Å². The van der Waals surface area contributed by atoms with Crippen LogP contribution in [0.25, 0.3) is 0 Å². The molecule has 4 heteroatoms. The summed E-state index contributed by atoms with van der Waals surface area (Å²) in [6.07, 6.45) is 2.45. The number of rotatable bonds is 6. The fraction of sp³-hybridized carbons (Fsp3) is 0.905. The highest BCUT2D eigenvalue weighted by atomic mass is 16.6. The van der Waals surface area contributed by atoms with Gasteiger partial charge in [-0.05, 0) is 54.3 Å². The second kappa shape index (κ2) is 7.28. The van der Waals surface area contributed by atoms with Gasteiger partial charge in [-0.15, -0.1) is 0 Å². The van der Waals surface area contributed by atoms with Crippen molar-refractivity contribution in [3.05, 3.63) is 0 Å². The third-order valence-corrected chi connectivity index (χ3v) is 5.91. The van der Waals surface area contributed by atoms with Crippen LogP contribution in [0.4, 0.5) is 0 Å². The van der Waals surface area contributed by atoms with E-state index in [0.29, 0.717) is 31.5 Å². The molecular weight excluding hydrogens is 316 g/mol. The molecule has 4 nitrogen and oxygen atoms in total. The Morgan fingerprint density at radius 2 is 1.44 bits per heavy atom. The van der Waals surface area contributed by atoms with E-state index in [9.17, 15) is 9.59 Å². The van der Waals surface area contributed by atoms with E-state index in [1.54, 1.807) is 0 Å². The molecule has 2 rings (SSSR count). The minimum Gasteiger partial charge on any atom is -0.465 e. The Morgan fingerprint density at radius 1 is 0.960 bits per heavy atom. The zero-order valence-electron chi connectivity index (χ0n) is 17.1. The molecular formula is C21H36O4. The maximum atomic E-state index is 13.0. The Hall–Kier alpha value is -1.06. The number of carbonyl (C=O) groups is 2. The Bertz CT molecular complexity index is 477. The zero-order chi connectivity index (χ0) is 19.0. The van der Waals surface area contributed by atoms with Gasteiger partial charge < -0.3 is 9.47 Å². The quantitative estimate of drug-likeness (QED) is 0.523. The van der Waals surface area contributed by atoms with E-state index < -0.39 is 5.41 Å². The first-order chi connectivity index (χ1) is 11.5. The van der Waals surface area contributed by atoms with Gasteiger partial charge in [-0.2, -0.15) is 0 Å². The van der Waals surface area contributed by atoms with Crippen LogP contribution >= 0.6 is 0 Å². The van der Waals surface area contributed by atoms with E-state index in [-0.39, 0.29) is 35.1 Å². The van der Waals surface area contributed by atoms with Crippen molar-refractivity contribution in [2.45, 2.75) is 67.7 Å². The van der Waals surface area contributed by atoms with Crippen LogP contribution in [0.15, 0.2) is 0 Å². The van der Waals surface area contributed by atoms with Crippen molar-refractivity contribution in [2.75, 3.05) is 13.2 Å². The summed E-state index contributed by atoms with van der Waals surface area (Å²) >= 11 is 0. The molecule has 2 bridgehead atoms. The minimum absolute atomic E-state index is 0.0565. The van der Waals surface area contributed by atoms with Crippen LogP contribution in [0.1, 0.15) is 67.7 Å². The van der Waals surface area contributed by atoms with Gasteiger partial charge in [0.2, 0.25) is 0 Å². The molecule has 144 valence electrons. The van der Waals surface area contributed by atoms with E-state index in [1.807, 2.05) is 27.7 Å². The summed E-state index contributed by atoms with van der Waals surface area (Å²) in [5.41, 5.74) is -0.870. The molecule has 25 heavy (non-hydrogen) atoms. The van der Waals surface area contributed by atoms with Gasteiger partial charge in [0.1, 0.15) is 0 Å². The van der Waals surface area contributed by atoms with Gasteiger partial charge in [-0.1, -0.05) is 48.5 Å². The van der Waals surface area contributed by atoms with Gasteiger partial charge >= 0.3 is 11.9 Å². The standard InChI is InChI=1S/C21H36O4/c1-13(2)11-24-18(22)21(19(23)25-12-14(3)4)10-15-8-16(21)9-17(15)20(5,6)7/h13-17H,8-12H2,1-7H3. The van der Waals surface area contributed by atoms with Crippen molar-refractivity contribution in [1.29, 1.82) is 0 Å². The van der Waals surface area contributed by atoms with Crippen LogP contribution in [-0.4, -0.2) is 25.2 Å². The van der Waals surface area contributed by atoms with Crippen molar-refractivity contribution < 1.29 is 19.1 Å². The lowest BCUT2D eigenvalue weighted by Gasteiger charge is -2.40. The van der Waals surface area contributed by atoms with E-state index >= 15 is 0 Å². The maximum Gasteiger partial charge on any atom is 0.323 e. The Labute approximate surface area is 153 Å². The van der Waals surface area contributed by atoms with Crippen LogP contribution in [0.2, 0.25) is 0 Å². The second-order valence-corrected chi connectivity index (χ2v) is 10.1. The number of ether oxygens (including phenoxy) is 2. The Balaban J connectivity index is 2.21. The molecule has 0 aromatic carbocycles. The van der Waals surface area contributed by atoms with Crippen molar-refractivity contribution in [3.8, 4) is 0 Å². The molecule has 0 saturated heterocycles. The van der Waals surface area contributed by atoms with Crippen molar-refractivity contribution in [1.82, 2.24) is 0 Å². The van der Waals surface area contributed by atoms with Crippen molar-refractivity contribution >= 4 is 11.9 Å². The van der Waals surface area contributed by atoms with Crippen LogP contribution < -0.4 is 0 Å². The third kappa shape index (κ3) is 4.03. The average molecular weight is 353 g/mol. The van der Waals surface area contributed by atoms with E-state index in [2.05, 4.69) is 20.8 Å². The Morgan fingerprint density at radius 3 is 1.76 bits per heavy atom. The normalized spacial score (nSPS) is 27.8. The fourth-order valence-electron chi connectivity index (χ4n) is 4.72. The van der Waals surface area contributed by atoms with Gasteiger partial charge in [0, 0.05) is 0 Å². The largest absolute Gasteiger partial charge is 0.465 e. The Kier molecular flexibility index (Phi) is 5.90. The molecule has 3 unspecified atom stereocenters. The number of fused-ring (bicyclic) bond motifs is 2.